The Hall–Kier alpha value is -2.66. The summed E-state index contributed by atoms with van der Waals surface area (Å²) in [6, 6.07) is 16.1. The molecule has 0 bridgehead atoms. The minimum absolute atomic E-state index is 0.472. The fraction of sp³-hybridized carbons (Fsp3) is 0.125. The topological polar surface area (TPSA) is 40.4 Å². The Morgan fingerprint density at radius 3 is 1.71 bits per heavy atom. The van der Waals surface area contributed by atoms with E-state index in [-0.39, 0.29) is 0 Å². The van der Waals surface area contributed by atoms with Gasteiger partial charge >= 0.3 is 0 Å². The SMILES string of the molecule is C1=NCN(ON2CN=Cc3ccccc32)c2ccccc21. The van der Waals surface area contributed by atoms with Gasteiger partial charge in [-0.25, -0.2) is 10.1 Å². The van der Waals surface area contributed by atoms with Crippen molar-refractivity contribution in [2.75, 3.05) is 23.5 Å². The lowest BCUT2D eigenvalue weighted by Crippen LogP contribution is -2.39. The van der Waals surface area contributed by atoms with Crippen molar-refractivity contribution < 1.29 is 4.94 Å². The van der Waals surface area contributed by atoms with Gasteiger partial charge in [0.25, 0.3) is 0 Å². The lowest BCUT2D eigenvalue weighted by Gasteiger charge is -2.33. The standard InChI is InChI=1S/C16H14N4O/c1-3-7-15-13(5-1)9-17-11-19(15)21-20-12-18-10-14-6-2-4-8-16(14)20/h1-10H,11-12H2. The molecular formula is C16H14N4O. The number of anilines is 2. The average Bonchev–Trinajstić information content (AvgIpc) is 2.56. The molecule has 0 aliphatic carbocycles. The zero-order valence-electron chi connectivity index (χ0n) is 11.4. The van der Waals surface area contributed by atoms with Gasteiger partial charge in [0.05, 0.1) is 11.4 Å². The molecular weight excluding hydrogens is 264 g/mol. The van der Waals surface area contributed by atoms with E-state index >= 15 is 0 Å². The van der Waals surface area contributed by atoms with Gasteiger partial charge in [-0.2, -0.15) is 0 Å². The van der Waals surface area contributed by atoms with E-state index in [1.807, 2.05) is 61.0 Å². The zero-order chi connectivity index (χ0) is 14.1. The van der Waals surface area contributed by atoms with Crippen molar-refractivity contribution in [3.8, 4) is 0 Å². The molecule has 5 heteroatoms. The Balaban J connectivity index is 1.63. The number of para-hydroxylation sites is 2. The molecule has 0 spiro atoms. The maximum Gasteiger partial charge on any atom is 0.138 e. The van der Waals surface area contributed by atoms with Crippen molar-refractivity contribution in [3.05, 3.63) is 59.7 Å². The van der Waals surface area contributed by atoms with Crippen molar-refractivity contribution in [2.45, 2.75) is 0 Å². The number of nitrogens with zero attached hydrogens (tertiary/aromatic N) is 4. The highest BCUT2D eigenvalue weighted by atomic mass is 16.8. The number of rotatable bonds is 2. The summed E-state index contributed by atoms with van der Waals surface area (Å²) in [5.41, 5.74) is 4.13. The van der Waals surface area contributed by atoms with Crippen molar-refractivity contribution in [1.82, 2.24) is 0 Å². The molecule has 0 saturated heterocycles. The van der Waals surface area contributed by atoms with Crippen molar-refractivity contribution >= 4 is 23.8 Å². The van der Waals surface area contributed by atoms with Crippen molar-refractivity contribution in [2.24, 2.45) is 9.98 Å². The summed E-state index contributed by atoms with van der Waals surface area (Å²) in [6.07, 6.45) is 3.75. The van der Waals surface area contributed by atoms with E-state index in [0.717, 1.165) is 22.5 Å². The molecule has 0 aromatic heterocycles. The number of hydrogen-bond donors (Lipinski definition) is 0. The maximum absolute atomic E-state index is 6.02. The van der Waals surface area contributed by atoms with E-state index in [1.54, 1.807) is 10.1 Å². The second-order valence-corrected chi connectivity index (χ2v) is 4.86. The van der Waals surface area contributed by atoms with Crippen LogP contribution in [0.1, 0.15) is 11.1 Å². The summed E-state index contributed by atoms with van der Waals surface area (Å²) in [6.45, 7) is 0.943. The molecule has 0 radical (unpaired) electrons. The summed E-state index contributed by atoms with van der Waals surface area (Å²) in [4.78, 5) is 14.7. The number of aliphatic imine (C=N–C) groups is 2. The quantitative estimate of drug-likeness (QED) is 0.848. The largest absolute Gasteiger partial charge is 0.268 e. The van der Waals surface area contributed by atoms with E-state index in [0.29, 0.717) is 13.3 Å². The van der Waals surface area contributed by atoms with Gasteiger partial charge in [0.15, 0.2) is 0 Å². The Kier molecular flexibility index (Phi) is 2.90. The summed E-state index contributed by atoms with van der Waals surface area (Å²) < 4.78 is 0. The molecule has 0 saturated carbocycles. The summed E-state index contributed by atoms with van der Waals surface area (Å²) >= 11 is 0. The third-order valence-corrected chi connectivity index (χ3v) is 3.49. The minimum atomic E-state index is 0.472. The van der Waals surface area contributed by atoms with Gasteiger partial charge in [0, 0.05) is 23.6 Å². The van der Waals surface area contributed by atoms with E-state index in [4.69, 9.17) is 4.94 Å². The van der Waals surface area contributed by atoms with Crippen LogP contribution in [0.2, 0.25) is 0 Å². The van der Waals surface area contributed by atoms with Crippen LogP contribution in [0.3, 0.4) is 0 Å². The second-order valence-electron chi connectivity index (χ2n) is 4.86. The van der Waals surface area contributed by atoms with Crippen LogP contribution >= 0.6 is 0 Å². The Bertz CT molecular complexity index is 664. The van der Waals surface area contributed by atoms with Crippen LogP contribution in [-0.4, -0.2) is 25.8 Å². The first-order chi connectivity index (χ1) is 10.4. The molecule has 0 atom stereocenters. The Morgan fingerprint density at radius 2 is 1.19 bits per heavy atom. The zero-order valence-corrected chi connectivity index (χ0v) is 11.4. The number of hydroxylamine groups is 2. The van der Waals surface area contributed by atoms with E-state index in [9.17, 15) is 0 Å². The van der Waals surface area contributed by atoms with Crippen LogP contribution in [0.25, 0.3) is 0 Å². The Morgan fingerprint density at radius 1 is 0.714 bits per heavy atom. The van der Waals surface area contributed by atoms with Gasteiger partial charge in [0.2, 0.25) is 0 Å². The average molecular weight is 278 g/mol. The highest BCUT2D eigenvalue weighted by molar-refractivity contribution is 5.90. The number of hydrogen-bond acceptors (Lipinski definition) is 5. The molecule has 2 aromatic rings. The summed E-state index contributed by atoms with van der Waals surface area (Å²) in [5, 5.41) is 3.57. The van der Waals surface area contributed by atoms with Crippen molar-refractivity contribution in [3.63, 3.8) is 0 Å². The highest BCUT2D eigenvalue weighted by Gasteiger charge is 2.21. The first-order valence-electron chi connectivity index (χ1n) is 6.83. The van der Waals surface area contributed by atoms with Gasteiger partial charge in [-0.1, -0.05) is 36.4 Å². The van der Waals surface area contributed by atoms with E-state index < -0.39 is 0 Å². The summed E-state index contributed by atoms with van der Waals surface area (Å²) in [5.74, 6) is 0. The van der Waals surface area contributed by atoms with Crippen LogP contribution in [0.15, 0.2) is 58.5 Å². The van der Waals surface area contributed by atoms with Crippen LogP contribution in [0, 0.1) is 0 Å². The lowest BCUT2D eigenvalue weighted by atomic mass is 10.2. The fourth-order valence-electron chi connectivity index (χ4n) is 2.49. The van der Waals surface area contributed by atoms with Crippen LogP contribution in [0.4, 0.5) is 11.4 Å². The van der Waals surface area contributed by atoms with E-state index in [1.165, 1.54) is 0 Å². The highest BCUT2D eigenvalue weighted by Crippen LogP contribution is 2.27. The maximum atomic E-state index is 6.02. The fourth-order valence-corrected chi connectivity index (χ4v) is 2.49. The molecule has 2 aliphatic rings. The van der Waals surface area contributed by atoms with Gasteiger partial charge in [-0.3, -0.25) is 9.98 Å². The van der Waals surface area contributed by atoms with E-state index in [2.05, 4.69) is 9.98 Å². The molecule has 2 heterocycles. The molecule has 0 N–H and O–H groups in total. The third kappa shape index (κ3) is 2.17. The molecule has 21 heavy (non-hydrogen) atoms. The molecule has 0 amide bonds. The normalized spacial score (nSPS) is 15.8. The van der Waals surface area contributed by atoms with Gasteiger partial charge in [-0.15, -0.1) is 4.94 Å². The van der Waals surface area contributed by atoms with Crippen LogP contribution in [0.5, 0.6) is 0 Å². The van der Waals surface area contributed by atoms with Crippen LogP contribution < -0.4 is 10.1 Å². The van der Waals surface area contributed by atoms with Crippen molar-refractivity contribution in [1.29, 1.82) is 0 Å². The Labute approximate surface area is 122 Å². The predicted octanol–water partition coefficient (Wildman–Crippen LogP) is 2.63. The third-order valence-electron chi connectivity index (χ3n) is 3.49. The molecule has 5 nitrogen and oxygen atoms in total. The van der Waals surface area contributed by atoms with Gasteiger partial charge in [0.1, 0.15) is 13.3 Å². The predicted molar refractivity (Wildman–Crippen MR) is 83.8 cm³/mol. The van der Waals surface area contributed by atoms with Gasteiger partial charge < -0.3 is 0 Å². The molecule has 2 aliphatic heterocycles. The number of fused-ring (bicyclic) bond motifs is 2. The lowest BCUT2D eigenvalue weighted by molar-refractivity contribution is 0.0848. The molecule has 0 unspecified atom stereocenters. The molecule has 4 rings (SSSR count). The van der Waals surface area contributed by atoms with Gasteiger partial charge in [-0.05, 0) is 12.1 Å². The second kappa shape index (κ2) is 5.03. The summed E-state index contributed by atoms with van der Waals surface area (Å²) in [7, 11) is 0. The number of benzene rings is 2. The minimum Gasteiger partial charge on any atom is -0.268 e. The first-order valence-corrected chi connectivity index (χ1v) is 6.83. The molecule has 104 valence electrons. The van der Waals surface area contributed by atoms with Crippen LogP contribution in [-0.2, 0) is 4.94 Å². The molecule has 0 fully saturated rings. The first kappa shape index (κ1) is 12.1. The molecule has 2 aromatic carbocycles. The smallest absolute Gasteiger partial charge is 0.138 e. The monoisotopic (exact) mass is 278 g/mol.